The fraction of sp³-hybridized carbons (Fsp3) is 0.231. The Balaban J connectivity index is 1.54. The van der Waals surface area contributed by atoms with Gasteiger partial charge in [-0.2, -0.15) is 10.5 Å². The number of aliphatic hydroxyl groups is 1. The smallest absolute Gasteiger partial charge is 0.0991 e. The van der Waals surface area contributed by atoms with Crippen LogP contribution >= 0.6 is 11.6 Å². The Labute approximate surface area is 193 Å². The van der Waals surface area contributed by atoms with Crippen LogP contribution in [0, 0.1) is 22.7 Å². The molecule has 3 aromatic rings. The summed E-state index contributed by atoms with van der Waals surface area (Å²) in [4.78, 5) is 4.61. The molecular formula is C26H23ClN4O. The average Bonchev–Trinajstić information content (AvgIpc) is 2.84. The van der Waals surface area contributed by atoms with Gasteiger partial charge in [-0.25, -0.2) is 0 Å². The lowest BCUT2D eigenvalue weighted by Gasteiger charge is -2.43. The quantitative estimate of drug-likeness (QED) is 0.621. The standard InChI is InChI=1S/C26H23ClN4O/c27-23-9-7-21(8-10-23)25-17-30(18-26(32)22-5-1-19(15-28)2-6-22)13-14-31(25)24-11-3-20(16-29)4-12-24/h1-12,25-26,32H,13-14,17-18H2/t25-,26+/m0/s1. The first kappa shape index (κ1) is 21.9. The minimum atomic E-state index is -0.630. The molecule has 0 spiro atoms. The summed E-state index contributed by atoms with van der Waals surface area (Å²) in [5.41, 5.74) is 4.25. The van der Waals surface area contributed by atoms with Gasteiger partial charge < -0.3 is 10.0 Å². The van der Waals surface area contributed by atoms with Crippen molar-refractivity contribution in [2.75, 3.05) is 31.1 Å². The highest BCUT2D eigenvalue weighted by molar-refractivity contribution is 6.30. The normalized spacial score (nSPS) is 17.4. The molecule has 1 aliphatic heterocycles. The van der Waals surface area contributed by atoms with Crippen LogP contribution in [0.3, 0.4) is 0 Å². The van der Waals surface area contributed by atoms with Crippen molar-refractivity contribution >= 4 is 17.3 Å². The van der Waals surface area contributed by atoms with Crippen LogP contribution in [0.25, 0.3) is 0 Å². The molecule has 0 saturated carbocycles. The molecule has 160 valence electrons. The molecule has 0 amide bonds. The number of aliphatic hydroxyl groups excluding tert-OH is 1. The van der Waals surface area contributed by atoms with Gasteiger partial charge in [-0.1, -0.05) is 35.9 Å². The lowest BCUT2D eigenvalue weighted by atomic mass is 10.00. The number of nitriles is 2. The molecule has 2 atom stereocenters. The van der Waals surface area contributed by atoms with Crippen molar-refractivity contribution in [2.24, 2.45) is 0 Å². The van der Waals surface area contributed by atoms with Crippen molar-refractivity contribution in [1.82, 2.24) is 4.90 Å². The molecule has 1 aliphatic rings. The molecule has 5 nitrogen and oxygen atoms in total. The Bertz CT molecular complexity index is 1130. The summed E-state index contributed by atoms with van der Waals surface area (Å²) in [6, 6.07) is 27.0. The van der Waals surface area contributed by atoms with E-state index in [1.165, 1.54) is 0 Å². The number of hydrogen-bond donors (Lipinski definition) is 1. The predicted octanol–water partition coefficient (Wildman–Crippen LogP) is 4.68. The van der Waals surface area contributed by atoms with Crippen molar-refractivity contribution < 1.29 is 5.11 Å². The van der Waals surface area contributed by atoms with E-state index < -0.39 is 6.10 Å². The Morgan fingerprint density at radius 1 is 0.875 bits per heavy atom. The molecule has 3 aromatic carbocycles. The molecule has 32 heavy (non-hydrogen) atoms. The summed E-state index contributed by atoms with van der Waals surface area (Å²) in [6.45, 7) is 2.85. The van der Waals surface area contributed by atoms with Gasteiger partial charge in [0, 0.05) is 36.9 Å². The summed E-state index contributed by atoms with van der Waals surface area (Å²) in [5.74, 6) is 0. The van der Waals surface area contributed by atoms with Gasteiger partial charge in [-0.05, 0) is 59.7 Å². The van der Waals surface area contributed by atoms with Crippen molar-refractivity contribution in [3.8, 4) is 12.1 Å². The molecule has 0 bridgehead atoms. The van der Waals surface area contributed by atoms with Crippen molar-refractivity contribution in [2.45, 2.75) is 12.1 Å². The van der Waals surface area contributed by atoms with Crippen LogP contribution in [0.4, 0.5) is 5.69 Å². The number of anilines is 1. The van der Waals surface area contributed by atoms with Crippen LogP contribution in [0.2, 0.25) is 5.02 Å². The first-order valence-electron chi connectivity index (χ1n) is 10.5. The van der Waals surface area contributed by atoms with Gasteiger partial charge in [-0.15, -0.1) is 0 Å². The monoisotopic (exact) mass is 442 g/mol. The highest BCUT2D eigenvalue weighted by Gasteiger charge is 2.29. The number of rotatable bonds is 5. The number of β-amino-alcohol motifs (C(OH)–C–C–N with tert-alkyl or cyclic N) is 1. The molecule has 6 heteroatoms. The summed E-state index contributed by atoms with van der Waals surface area (Å²) in [6.07, 6.45) is -0.630. The third-order valence-electron chi connectivity index (χ3n) is 5.90. The molecule has 0 radical (unpaired) electrons. The Kier molecular flexibility index (Phi) is 6.73. The van der Waals surface area contributed by atoms with E-state index in [1.807, 2.05) is 60.7 Å². The molecule has 1 N–H and O–H groups in total. The number of hydrogen-bond acceptors (Lipinski definition) is 5. The Morgan fingerprint density at radius 3 is 2.06 bits per heavy atom. The van der Waals surface area contributed by atoms with Crippen LogP contribution in [-0.4, -0.2) is 36.2 Å². The minimum absolute atomic E-state index is 0.0853. The fourth-order valence-electron chi connectivity index (χ4n) is 4.14. The Hall–Kier alpha value is -3.35. The number of piperazine rings is 1. The van der Waals surface area contributed by atoms with E-state index in [4.69, 9.17) is 22.1 Å². The molecule has 1 heterocycles. The SMILES string of the molecule is N#Cc1ccc([C@H](O)CN2CCN(c3ccc(C#N)cc3)[C@H](c3ccc(Cl)cc3)C2)cc1. The van der Waals surface area contributed by atoms with E-state index in [0.29, 0.717) is 22.7 Å². The summed E-state index contributed by atoms with van der Waals surface area (Å²) in [5, 5.41) is 29.6. The van der Waals surface area contributed by atoms with Gasteiger partial charge >= 0.3 is 0 Å². The van der Waals surface area contributed by atoms with Gasteiger partial charge in [0.25, 0.3) is 0 Å². The predicted molar refractivity (Wildman–Crippen MR) is 125 cm³/mol. The van der Waals surface area contributed by atoms with Gasteiger partial charge in [0.05, 0.1) is 35.4 Å². The highest BCUT2D eigenvalue weighted by atomic mass is 35.5. The van der Waals surface area contributed by atoms with Crippen LogP contribution in [-0.2, 0) is 0 Å². The first-order valence-corrected chi connectivity index (χ1v) is 10.9. The molecule has 4 rings (SSSR count). The van der Waals surface area contributed by atoms with E-state index in [0.717, 1.165) is 36.4 Å². The number of benzene rings is 3. The highest BCUT2D eigenvalue weighted by Crippen LogP contribution is 2.32. The lowest BCUT2D eigenvalue weighted by Crippen LogP contribution is -2.49. The largest absolute Gasteiger partial charge is 0.387 e. The van der Waals surface area contributed by atoms with E-state index in [9.17, 15) is 5.11 Å². The van der Waals surface area contributed by atoms with E-state index >= 15 is 0 Å². The van der Waals surface area contributed by atoms with Crippen LogP contribution in [0.5, 0.6) is 0 Å². The summed E-state index contributed by atoms with van der Waals surface area (Å²) >= 11 is 6.12. The zero-order valence-electron chi connectivity index (χ0n) is 17.5. The maximum absolute atomic E-state index is 10.8. The molecular weight excluding hydrogens is 420 g/mol. The topological polar surface area (TPSA) is 74.3 Å². The van der Waals surface area contributed by atoms with Gasteiger partial charge in [0.15, 0.2) is 0 Å². The number of halogens is 1. The van der Waals surface area contributed by atoms with E-state index in [1.54, 1.807) is 12.1 Å². The zero-order valence-corrected chi connectivity index (χ0v) is 18.3. The van der Waals surface area contributed by atoms with Gasteiger partial charge in [-0.3, -0.25) is 4.90 Å². The zero-order chi connectivity index (χ0) is 22.5. The van der Waals surface area contributed by atoms with Crippen LogP contribution < -0.4 is 4.90 Å². The molecule has 1 fully saturated rings. The first-order chi connectivity index (χ1) is 15.6. The Morgan fingerprint density at radius 2 is 1.47 bits per heavy atom. The second-order valence-corrected chi connectivity index (χ2v) is 8.37. The molecule has 0 aliphatic carbocycles. The van der Waals surface area contributed by atoms with Gasteiger partial charge in [0.2, 0.25) is 0 Å². The lowest BCUT2D eigenvalue weighted by molar-refractivity contribution is 0.100. The van der Waals surface area contributed by atoms with Crippen LogP contribution in [0.15, 0.2) is 72.8 Å². The molecule has 1 saturated heterocycles. The molecule has 0 aromatic heterocycles. The van der Waals surface area contributed by atoms with Crippen molar-refractivity contribution in [3.05, 3.63) is 100 Å². The van der Waals surface area contributed by atoms with Crippen molar-refractivity contribution in [1.29, 1.82) is 10.5 Å². The van der Waals surface area contributed by atoms with Gasteiger partial charge in [0.1, 0.15) is 0 Å². The fourth-order valence-corrected chi connectivity index (χ4v) is 4.27. The maximum Gasteiger partial charge on any atom is 0.0991 e. The van der Waals surface area contributed by atoms with E-state index in [2.05, 4.69) is 21.9 Å². The molecule has 0 unspecified atom stereocenters. The third kappa shape index (κ3) is 4.93. The van der Waals surface area contributed by atoms with Crippen molar-refractivity contribution in [3.63, 3.8) is 0 Å². The maximum atomic E-state index is 10.8. The second kappa shape index (κ2) is 9.85. The minimum Gasteiger partial charge on any atom is -0.387 e. The van der Waals surface area contributed by atoms with Crippen LogP contribution in [0.1, 0.15) is 34.4 Å². The average molecular weight is 443 g/mol. The number of nitrogens with zero attached hydrogens (tertiary/aromatic N) is 4. The summed E-state index contributed by atoms with van der Waals surface area (Å²) in [7, 11) is 0. The third-order valence-corrected chi connectivity index (χ3v) is 6.15. The second-order valence-electron chi connectivity index (χ2n) is 7.93. The van der Waals surface area contributed by atoms with E-state index in [-0.39, 0.29) is 6.04 Å². The summed E-state index contributed by atoms with van der Waals surface area (Å²) < 4.78 is 0.